The minimum absolute atomic E-state index is 0.211. The van der Waals surface area contributed by atoms with Gasteiger partial charge in [0.25, 0.3) is 0 Å². The maximum Gasteiger partial charge on any atom is 0.412 e. The minimum Gasteiger partial charge on any atom is -0.453 e. The van der Waals surface area contributed by atoms with Gasteiger partial charge in [0.05, 0.1) is 22.4 Å². The predicted molar refractivity (Wildman–Crippen MR) is 142 cm³/mol. The minimum atomic E-state index is -1.14. The Balaban J connectivity index is 1.63. The first-order chi connectivity index (χ1) is 18.5. The van der Waals surface area contributed by atoms with E-state index in [1.54, 1.807) is 47.4 Å². The molecule has 10 nitrogen and oxygen atoms in total. The van der Waals surface area contributed by atoms with Crippen molar-refractivity contribution in [2.45, 2.75) is 31.6 Å². The monoisotopic (exact) mass is 550 g/mol. The summed E-state index contributed by atoms with van der Waals surface area (Å²) >= 11 is 7.34. The second kappa shape index (κ2) is 11.3. The number of carbonyl (C=O) groups is 1. The second-order valence-corrected chi connectivity index (χ2v) is 9.99. The molecule has 12 heteroatoms. The van der Waals surface area contributed by atoms with Crippen molar-refractivity contribution < 1.29 is 19.4 Å². The summed E-state index contributed by atoms with van der Waals surface area (Å²) in [6, 6.07) is 12.4. The number of anilines is 1. The number of benzene rings is 1. The highest BCUT2D eigenvalue weighted by atomic mass is 35.5. The Labute approximate surface area is 227 Å². The van der Waals surface area contributed by atoms with Crippen molar-refractivity contribution in [3.8, 4) is 27.2 Å². The number of ether oxygens (including phenoxy) is 2. The normalized spacial score (nSPS) is 16.0. The number of amides is 1. The van der Waals surface area contributed by atoms with Crippen molar-refractivity contribution in [1.29, 1.82) is 5.26 Å². The van der Waals surface area contributed by atoms with Crippen LogP contribution in [-0.2, 0) is 9.47 Å². The molecule has 0 spiro atoms. The molecular weight excluding hydrogens is 528 g/mol. The van der Waals surface area contributed by atoms with Gasteiger partial charge in [0.15, 0.2) is 12.1 Å². The summed E-state index contributed by atoms with van der Waals surface area (Å²) in [4.78, 5) is 21.5. The fourth-order valence-electron chi connectivity index (χ4n) is 4.24. The Kier molecular flexibility index (Phi) is 7.67. The fourth-order valence-corrected chi connectivity index (χ4v) is 5.58. The van der Waals surface area contributed by atoms with E-state index in [1.807, 2.05) is 0 Å². The zero-order valence-electron chi connectivity index (χ0n) is 20.3. The Morgan fingerprint density at radius 1 is 1.29 bits per heavy atom. The molecule has 194 valence electrons. The third-order valence-corrected chi connectivity index (χ3v) is 7.62. The number of rotatable bonds is 6. The van der Waals surface area contributed by atoms with Gasteiger partial charge in [-0.3, -0.25) is 5.32 Å². The van der Waals surface area contributed by atoms with E-state index in [2.05, 4.69) is 31.2 Å². The molecule has 3 aromatic heterocycles. The van der Waals surface area contributed by atoms with Gasteiger partial charge in [-0.15, -0.1) is 16.4 Å². The Hall–Kier alpha value is -3.82. The van der Waals surface area contributed by atoms with Gasteiger partial charge in [0.2, 0.25) is 0 Å². The van der Waals surface area contributed by atoms with E-state index in [4.69, 9.17) is 16.3 Å². The summed E-state index contributed by atoms with van der Waals surface area (Å²) < 4.78 is 12.2. The van der Waals surface area contributed by atoms with Gasteiger partial charge in [-0.05, 0) is 54.7 Å². The van der Waals surface area contributed by atoms with Crippen molar-refractivity contribution >= 4 is 34.8 Å². The number of aliphatic hydroxyl groups is 1. The highest BCUT2D eigenvalue weighted by molar-refractivity contribution is 7.19. The number of halogens is 1. The Morgan fingerprint density at radius 2 is 2.11 bits per heavy atom. The van der Waals surface area contributed by atoms with Crippen LogP contribution in [0.1, 0.15) is 48.3 Å². The molecule has 1 fully saturated rings. The van der Waals surface area contributed by atoms with E-state index in [-0.39, 0.29) is 17.6 Å². The molecule has 4 aromatic rings. The van der Waals surface area contributed by atoms with Gasteiger partial charge < -0.3 is 14.6 Å². The number of thiophene rings is 1. The number of hydrogen-bond acceptors (Lipinski definition) is 9. The van der Waals surface area contributed by atoms with Crippen molar-refractivity contribution in [2.24, 2.45) is 0 Å². The van der Waals surface area contributed by atoms with Crippen LogP contribution >= 0.6 is 22.9 Å². The van der Waals surface area contributed by atoms with Gasteiger partial charge >= 0.3 is 6.09 Å². The smallest absolute Gasteiger partial charge is 0.412 e. The lowest BCUT2D eigenvalue weighted by atomic mass is 9.96. The van der Waals surface area contributed by atoms with Gasteiger partial charge in [-0.1, -0.05) is 23.7 Å². The van der Waals surface area contributed by atoms with Crippen molar-refractivity contribution in [2.75, 3.05) is 19.0 Å². The van der Waals surface area contributed by atoms with Gasteiger partial charge in [-0.2, -0.15) is 5.26 Å². The third kappa shape index (κ3) is 5.25. The second-order valence-electron chi connectivity index (χ2n) is 8.53. The van der Waals surface area contributed by atoms with E-state index in [1.165, 1.54) is 24.6 Å². The van der Waals surface area contributed by atoms with Crippen LogP contribution in [0.4, 0.5) is 10.6 Å². The number of aromatic nitrogens is 4. The summed E-state index contributed by atoms with van der Waals surface area (Å²) in [6.07, 6.45) is 3.98. The lowest BCUT2D eigenvalue weighted by Crippen LogP contribution is -2.18. The molecule has 1 saturated heterocycles. The number of nitrogens with zero attached hydrogens (tertiary/aromatic N) is 5. The van der Waals surface area contributed by atoms with Gasteiger partial charge in [0.1, 0.15) is 24.3 Å². The van der Waals surface area contributed by atoms with E-state index < -0.39 is 12.2 Å². The molecule has 1 aromatic carbocycles. The first-order valence-corrected chi connectivity index (χ1v) is 13.0. The highest BCUT2D eigenvalue weighted by Crippen LogP contribution is 2.45. The van der Waals surface area contributed by atoms with E-state index in [0.29, 0.717) is 43.9 Å². The standard InChI is InChI=1S/C26H23ClN6O4S/c1-36-26(35)31-19-12-16(9-10-29-19)23-18(13-28)21(22(34)15-5-7-17(27)8-6-15)24(38-23)25-30-14-33(32-25)20-4-2-3-11-37-20/h5-10,12,14,20,22,34H,2-4,11H2,1H3,(H,29,31,35). The number of methoxy groups -OCH3 is 1. The van der Waals surface area contributed by atoms with Crippen molar-refractivity contribution in [3.05, 3.63) is 70.6 Å². The van der Waals surface area contributed by atoms with Crippen LogP contribution in [0.5, 0.6) is 0 Å². The SMILES string of the molecule is COC(=O)Nc1cc(-c2sc(-c3ncn(C4CCCCO4)n3)c(C(O)c3ccc(Cl)cc3)c2C#N)ccn1. The Morgan fingerprint density at radius 3 is 2.82 bits per heavy atom. The number of hydrogen-bond donors (Lipinski definition) is 2. The third-order valence-electron chi connectivity index (χ3n) is 6.12. The van der Waals surface area contributed by atoms with Crippen LogP contribution in [0.3, 0.4) is 0 Å². The summed E-state index contributed by atoms with van der Waals surface area (Å²) in [5.74, 6) is 0.627. The molecule has 4 heterocycles. The number of aliphatic hydroxyl groups excluding tert-OH is 1. The number of pyridine rings is 1. The molecule has 1 aliphatic heterocycles. The molecule has 1 amide bonds. The maximum absolute atomic E-state index is 11.7. The van der Waals surface area contributed by atoms with Crippen molar-refractivity contribution in [1.82, 2.24) is 19.7 Å². The molecular formula is C26H23ClN6O4S. The predicted octanol–water partition coefficient (Wildman–Crippen LogP) is 5.55. The van der Waals surface area contributed by atoms with Gasteiger partial charge in [0, 0.05) is 23.4 Å². The fraction of sp³-hybridized carbons (Fsp3) is 0.269. The maximum atomic E-state index is 11.7. The Bertz CT molecular complexity index is 1490. The quantitative estimate of drug-likeness (QED) is 0.319. The van der Waals surface area contributed by atoms with Crippen LogP contribution < -0.4 is 5.32 Å². The molecule has 0 radical (unpaired) electrons. The van der Waals surface area contributed by atoms with Crippen LogP contribution in [0.2, 0.25) is 5.02 Å². The summed E-state index contributed by atoms with van der Waals surface area (Å²) in [6.45, 7) is 0.659. The molecule has 0 bridgehead atoms. The molecule has 0 aliphatic carbocycles. The molecule has 2 unspecified atom stereocenters. The molecule has 5 rings (SSSR count). The van der Waals surface area contributed by atoms with Crippen LogP contribution in [0.25, 0.3) is 21.1 Å². The zero-order valence-corrected chi connectivity index (χ0v) is 21.9. The van der Waals surface area contributed by atoms with Gasteiger partial charge in [-0.25, -0.2) is 19.4 Å². The van der Waals surface area contributed by atoms with E-state index >= 15 is 0 Å². The van der Waals surface area contributed by atoms with Crippen LogP contribution in [-0.4, -0.2) is 44.7 Å². The average molecular weight is 551 g/mol. The van der Waals surface area contributed by atoms with E-state index in [0.717, 1.165) is 19.3 Å². The lowest BCUT2D eigenvalue weighted by Gasteiger charge is -2.22. The highest BCUT2D eigenvalue weighted by Gasteiger charge is 2.29. The summed E-state index contributed by atoms with van der Waals surface area (Å²) in [7, 11) is 1.26. The number of nitriles is 1. The molecule has 0 saturated carbocycles. The topological polar surface area (TPSA) is 135 Å². The molecule has 2 atom stereocenters. The van der Waals surface area contributed by atoms with Crippen molar-refractivity contribution in [3.63, 3.8) is 0 Å². The molecule has 2 N–H and O–H groups in total. The first-order valence-electron chi connectivity index (χ1n) is 11.8. The average Bonchev–Trinajstić information content (AvgIpc) is 3.59. The molecule has 38 heavy (non-hydrogen) atoms. The summed E-state index contributed by atoms with van der Waals surface area (Å²) in [5.41, 5.74) is 1.84. The van der Waals surface area contributed by atoms with Crippen LogP contribution in [0, 0.1) is 11.3 Å². The largest absolute Gasteiger partial charge is 0.453 e. The summed E-state index contributed by atoms with van der Waals surface area (Å²) in [5, 5.41) is 29.5. The first kappa shape index (κ1) is 25.8. The molecule has 1 aliphatic rings. The van der Waals surface area contributed by atoms with E-state index in [9.17, 15) is 15.2 Å². The zero-order chi connectivity index (χ0) is 26.6. The lowest BCUT2D eigenvalue weighted by molar-refractivity contribution is -0.0395. The number of nitrogens with one attached hydrogen (secondary N) is 1. The van der Waals surface area contributed by atoms with Crippen LogP contribution in [0.15, 0.2) is 48.9 Å². The number of carbonyl (C=O) groups excluding carboxylic acids is 1.